The molecule has 0 bridgehead atoms. The van der Waals surface area contributed by atoms with Gasteiger partial charge in [0.2, 0.25) is 11.8 Å². The molecule has 2 heterocycles. The summed E-state index contributed by atoms with van der Waals surface area (Å²) in [6, 6.07) is 27.1. The van der Waals surface area contributed by atoms with Crippen LogP contribution in [0.3, 0.4) is 0 Å². The lowest BCUT2D eigenvalue weighted by atomic mass is 9.99. The molecule has 7 nitrogen and oxygen atoms in total. The van der Waals surface area contributed by atoms with E-state index in [9.17, 15) is 4.79 Å². The fourth-order valence-corrected chi connectivity index (χ4v) is 4.94. The van der Waals surface area contributed by atoms with Crippen molar-refractivity contribution in [2.75, 3.05) is 31.1 Å². The smallest absolute Gasteiger partial charge is 0.410 e. The first-order valence-corrected chi connectivity index (χ1v) is 14.5. The summed E-state index contributed by atoms with van der Waals surface area (Å²) in [6.45, 7) is 9.93. The number of hydrogen-bond donors (Lipinski definition) is 0. The highest BCUT2D eigenvalue weighted by molar-refractivity contribution is 5.75. The summed E-state index contributed by atoms with van der Waals surface area (Å²) >= 11 is 0. The molecular weight excluding hydrogens is 545 g/mol. The van der Waals surface area contributed by atoms with Crippen molar-refractivity contribution in [3.63, 3.8) is 0 Å². The van der Waals surface area contributed by atoms with Crippen LogP contribution >= 0.6 is 0 Å². The van der Waals surface area contributed by atoms with Gasteiger partial charge in [-0.3, -0.25) is 0 Å². The number of piperazine rings is 1. The average Bonchev–Trinajstić information content (AvgIpc) is 3.01. The van der Waals surface area contributed by atoms with Crippen LogP contribution in [0.2, 0.25) is 0 Å². The number of amides is 1. The van der Waals surface area contributed by atoms with Crippen LogP contribution in [-0.2, 0) is 18.0 Å². The van der Waals surface area contributed by atoms with Crippen molar-refractivity contribution in [1.82, 2.24) is 9.88 Å². The quantitative estimate of drug-likeness (QED) is 0.215. The topological polar surface area (TPSA) is 64.1 Å². The molecular formula is C35H38FN3O4. The van der Waals surface area contributed by atoms with Gasteiger partial charge < -0.3 is 24.0 Å². The van der Waals surface area contributed by atoms with Gasteiger partial charge in [-0.1, -0.05) is 66.7 Å². The number of carbonyl (C=O) groups is 1. The standard InChI is InChI=1S/C35H38FN3O4/c1-25-28(15-17-30(32(25)36)38-19-21-39(22-20-38)34(40)43-35(2,3)4)29-16-18-31(41-23-26-11-7-5-8-12-26)37-33(29)42-24-27-13-9-6-10-14-27/h5-18H,19-24H2,1-4H3. The van der Waals surface area contributed by atoms with Crippen molar-refractivity contribution in [3.05, 3.63) is 107 Å². The van der Waals surface area contributed by atoms with Crippen molar-refractivity contribution in [2.45, 2.75) is 46.5 Å². The highest BCUT2D eigenvalue weighted by Crippen LogP contribution is 2.37. The Hall–Kier alpha value is -4.59. The van der Waals surface area contributed by atoms with E-state index in [2.05, 4.69) is 4.98 Å². The average molecular weight is 584 g/mol. The van der Waals surface area contributed by atoms with Gasteiger partial charge in [-0.2, -0.15) is 4.98 Å². The van der Waals surface area contributed by atoms with E-state index in [0.717, 1.165) is 11.1 Å². The zero-order chi connectivity index (χ0) is 30.4. The number of halogens is 1. The predicted octanol–water partition coefficient (Wildman–Crippen LogP) is 7.41. The number of anilines is 1. The van der Waals surface area contributed by atoms with Gasteiger partial charge in [0.1, 0.15) is 24.6 Å². The van der Waals surface area contributed by atoms with Crippen molar-refractivity contribution >= 4 is 11.8 Å². The maximum Gasteiger partial charge on any atom is 0.410 e. The summed E-state index contributed by atoms with van der Waals surface area (Å²) in [5.41, 5.74) is 3.84. The summed E-state index contributed by atoms with van der Waals surface area (Å²) in [4.78, 5) is 20.8. The van der Waals surface area contributed by atoms with Crippen LogP contribution in [0.15, 0.2) is 84.9 Å². The minimum absolute atomic E-state index is 0.304. The molecule has 3 aromatic carbocycles. The third-order valence-corrected chi connectivity index (χ3v) is 7.21. The maximum atomic E-state index is 15.9. The van der Waals surface area contributed by atoms with Crippen LogP contribution in [0.4, 0.5) is 14.9 Å². The Balaban J connectivity index is 1.36. The maximum absolute atomic E-state index is 15.9. The van der Waals surface area contributed by atoms with Gasteiger partial charge in [0.05, 0.1) is 5.69 Å². The van der Waals surface area contributed by atoms with Gasteiger partial charge in [0.15, 0.2) is 0 Å². The Morgan fingerprint density at radius 1 is 0.791 bits per heavy atom. The minimum Gasteiger partial charge on any atom is -0.473 e. The third kappa shape index (κ3) is 7.63. The molecule has 8 heteroatoms. The SMILES string of the molecule is Cc1c(-c2ccc(OCc3ccccc3)nc2OCc2ccccc2)ccc(N2CCN(C(=O)OC(C)(C)C)CC2)c1F. The molecule has 1 fully saturated rings. The second kappa shape index (κ2) is 13.2. The molecule has 0 radical (unpaired) electrons. The van der Waals surface area contributed by atoms with Gasteiger partial charge >= 0.3 is 6.09 Å². The first-order valence-electron chi connectivity index (χ1n) is 14.5. The van der Waals surface area contributed by atoms with Crippen LogP contribution in [0.5, 0.6) is 11.8 Å². The fraction of sp³-hybridized carbons (Fsp3) is 0.314. The predicted molar refractivity (Wildman–Crippen MR) is 166 cm³/mol. The molecule has 224 valence electrons. The second-order valence-corrected chi connectivity index (χ2v) is 11.6. The van der Waals surface area contributed by atoms with Crippen LogP contribution in [0, 0.1) is 12.7 Å². The van der Waals surface area contributed by atoms with E-state index in [1.54, 1.807) is 24.0 Å². The monoisotopic (exact) mass is 583 g/mol. The molecule has 0 aliphatic carbocycles. The zero-order valence-electron chi connectivity index (χ0n) is 25.2. The van der Waals surface area contributed by atoms with Crippen molar-refractivity contribution in [1.29, 1.82) is 0 Å². The number of rotatable bonds is 8. The molecule has 1 aliphatic heterocycles. The van der Waals surface area contributed by atoms with Gasteiger partial charge in [-0.25, -0.2) is 9.18 Å². The molecule has 0 N–H and O–H groups in total. The van der Waals surface area contributed by atoms with E-state index < -0.39 is 5.60 Å². The number of nitrogens with zero attached hydrogens (tertiary/aromatic N) is 3. The molecule has 0 spiro atoms. The van der Waals surface area contributed by atoms with Gasteiger partial charge in [0.25, 0.3) is 0 Å². The van der Waals surface area contributed by atoms with Crippen LogP contribution < -0.4 is 14.4 Å². The summed E-state index contributed by atoms with van der Waals surface area (Å²) in [5, 5.41) is 0. The van der Waals surface area contributed by atoms with E-state index in [4.69, 9.17) is 14.2 Å². The molecule has 1 aromatic heterocycles. The Kier molecular flexibility index (Phi) is 9.14. The largest absolute Gasteiger partial charge is 0.473 e. The van der Waals surface area contributed by atoms with E-state index in [-0.39, 0.29) is 11.9 Å². The molecule has 1 amide bonds. The van der Waals surface area contributed by atoms with Crippen molar-refractivity contribution in [2.24, 2.45) is 0 Å². The number of benzene rings is 3. The molecule has 5 rings (SSSR count). The zero-order valence-corrected chi connectivity index (χ0v) is 25.2. The molecule has 0 saturated carbocycles. The second-order valence-electron chi connectivity index (χ2n) is 11.6. The highest BCUT2D eigenvalue weighted by atomic mass is 19.1. The first kappa shape index (κ1) is 29.9. The molecule has 43 heavy (non-hydrogen) atoms. The Labute approximate surface area is 252 Å². The number of ether oxygens (including phenoxy) is 3. The fourth-order valence-electron chi connectivity index (χ4n) is 4.94. The van der Waals surface area contributed by atoms with Crippen LogP contribution in [-0.4, -0.2) is 47.8 Å². The summed E-state index contributed by atoms with van der Waals surface area (Å²) < 4.78 is 33.6. The molecule has 1 saturated heterocycles. The summed E-state index contributed by atoms with van der Waals surface area (Å²) in [6.07, 6.45) is -0.342. The van der Waals surface area contributed by atoms with E-state index in [1.165, 1.54) is 0 Å². The van der Waals surface area contributed by atoms with E-state index in [1.807, 2.05) is 98.5 Å². The van der Waals surface area contributed by atoms with E-state index >= 15 is 4.39 Å². The van der Waals surface area contributed by atoms with Crippen molar-refractivity contribution < 1.29 is 23.4 Å². The molecule has 0 unspecified atom stereocenters. The number of aromatic nitrogens is 1. The van der Waals surface area contributed by atoms with Gasteiger partial charge in [0, 0.05) is 37.8 Å². The van der Waals surface area contributed by atoms with Crippen LogP contribution in [0.1, 0.15) is 37.5 Å². The van der Waals surface area contributed by atoms with Gasteiger partial charge in [-0.05, 0) is 62.1 Å². The lowest BCUT2D eigenvalue weighted by molar-refractivity contribution is 0.0240. The summed E-state index contributed by atoms with van der Waals surface area (Å²) in [5.74, 6) is 0.491. The van der Waals surface area contributed by atoms with Crippen LogP contribution in [0.25, 0.3) is 11.1 Å². The normalized spacial score (nSPS) is 13.5. The third-order valence-electron chi connectivity index (χ3n) is 7.21. The molecule has 4 aromatic rings. The van der Waals surface area contributed by atoms with E-state index in [0.29, 0.717) is 73.5 Å². The highest BCUT2D eigenvalue weighted by Gasteiger charge is 2.28. The first-order chi connectivity index (χ1) is 20.7. The molecule has 0 atom stereocenters. The Morgan fingerprint density at radius 2 is 1.37 bits per heavy atom. The minimum atomic E-state index is -0.558. The number of pyridine rings is 1. The number of carbonyl (C=O) groups excluding carboxylic acids is 1. The summed E-state index contributed by atoms with van der Waals surface area (Å²) in [7, 11) is 0. The van der Waals surface area contributed by atoms with Gasteiger partial charge in [-0.15, -0.1) is 0 Å². The lowest BCUT2D eigenvalue weighted by Crippen LogP contribution is -2.50. The Bertz CT molecular complexity index is 1530. The van der Waals surface area contributed by atoms with Crippen molar-refractivity contribution in [3.8, 4) is 22.9 Å². The number of hydrogen-bond acceptors (Lipinski definition) is 6. The molecule has 1 aliphatic rings. The lowest BCUT2D eigenvalue weighted by Gasteiger charge is -2.37. The Morgan fingerprint density at radius 3 is 1.98 bits per heavy atom.